The van der Waals surface area contributed by atoms with Gasteiger partial charge in [-0.2, -0.15) is 0 Å². The number of hydrogen-bond acceptors (Lipinski definition) is 4. The van der Waals surface area contributed by atoms with Crippen molar-refractivity contribution in [1.29, 1.82) is 0 Å². The third kappa shape index (κ3) is 4.85. The average Bonchev–Trinajstić information content (AvgIpc) is 2.56. The Kier molecular flexibility index (Phi) is 5.61. The minimum absolute atomic E-state index is 0.00729. The summed E-state index contributed by atoms with van der Waals surface area (Å²) in [6.45, 7) is 7.58. The van der Waals surface area contributed by atoms with Crippen molar-refractivity contribution < 1.29 is 9.53 Å². The molecule has 4 nitrogen and oxygen atoms in total. The van der Waals surface area contributed by atoms with Crippen molar-refractivity contribution in [3.63, 3.8) is 0 Å². The Balaban J connectivity index is 2.28. The molecule has 0 aliphatic rings. The fourth-order valence-electron chi connectivity index (χ4n) is 1.71. The van der Waals surface area contributed by atoms with Crippen LogP contribution < -0.4 is 11.1 Å². The zero-order chi connectivity index (χ0) is 12.8. The molecule has 1 unspecified atom stereocenters. The molecule has 0 saturated carbocycles. The highest BCUT2D eigenvalue weighted by Gasteiger charge is 2.10. The third-order valence-electron chi connectivity index (χ3n) is 2.49. The monoisotopic (exact) mass is 256 g/mol. The van der Waals surface area contributed by atoms with Crippen LogP contribution in [0.5, 0.6) is 0 Å². The minimum Gasteiger partial charge on any atom is -0.370 e. The summed E-state index contributed by atoms with van der Waals surface area (Å²) in [5, 5.41) is 3.36. The number of nitrogens with one attached hydrogen (secondary N) is 1. The van der Waals surface area contributed by atoms with E-state index < -0.39 is 5.91 Å². The highest BCUT2D eigenvalue weighted by atomic mass is 32.1. The van der Waals surface area contributed by atoms with E-state index in [2.05, 4.69) is 32.2 Å². The number of carbonyl (C=O) groups excluding carboxylic acids is 1. The van der Waals surface area contributed by atoms with Gasteiger partial charge in [-0.25, -0.2) is 0 Å². The van der Waals surface area contributed by atoms with Crippen molar-refractivity contribution in [2.75, 3.05) is 19.8 Å². The van der Waals surface area contributed by atoms with Gasteiger partial charge in [0.05, 0.1) is 6.61 Å². The van der Waals surface area contributed by atoms with Crippen molar-refractivity contribution >= 4 is 17.2 Å². The summed E-state index contributed by atoms with van der Waals surface area (Å²) in [6.07, 6.45) is 0. The van der Waals surface area contributed by atoms with Crippen LogP contribution in [-0.2, 0) is 9.53 Å². The fourth-order valence-corrected chi connectivity index (χ4v) is 2.73. The van der Waals surface area contributed by atoms with Crippen LogP contribution in [0.3, 0.4) is 0 Å². The molecule has 0 aliphatic heterocycles. The average molecular weight is 256 g/mol. The fraction of sp³-hybridized carbons (Fsp3) is 0.583. The highest BCUT2D eigenvalue weighted by Crippen LogP contribution is 2.25. The molecular formula is C12H20N2O2S. The number of nitrogens with two attached hydrogens (primary N) is 1. The second-order valence-corrected chi connectivity index (χ2v) is 5.52. The van der Waals surface area contributed by atoms with Gasteiger partial charge in [-0.3, -0.25) is 4.79 Å². The number of ether oxygens (including phenoxy) is 1. The predicted molar refractivity (Wildman–Crippen MR) is 70.2 cm³/mol. The number of amides is 1. The van der Waals surface area contributed by atoms with Crippen LogP contribution in [0.25, 0.3) is 0 Å². The van der Waals surface area contributed by atoms with Crippen LogP contribution in [0.15, 0.2) is 6.07 Å². The first kappa shape index (κ1) is 14.2. The zero-order valence-electron chi connectivity index (χ0n) is 10.6. The Bertz CT molecular complexity index is 377. The molecule has 5 heteroatoms. The molecule has 1 aromatic rings. The summed E-state index contributed by atoms with van der Waals surface area (Å²) < 4.78 is 5.08. The van der Waals surface area contributed by atoms with E-state index >= 15 is 0 Å². The lowest BCUT2D eigenvalue weighted by Crippen LogP contribution is -2.26. The molecule has 0 spiro atoms. The van der Waals surface area contributed by atoms with E-state index in [4.69, 9.17) is 10.5 Å². The number of rotatable bonds is 7. The number of aryl methyl sites for hydroxylation is 2. The first-order valence-electron chi connectivity index (χ1n) is 5.67. The molecule has 1 amide bonds. The minimum atomic E-state index is -0.428. The van der Waals surface area contributed by atoms with Crippen LogP contribution in [0.2, 0.25) is 0 Å². The molecule has 0 bridgehead atoms. The number of thiophene rings is 1. The topological polar surface area (TPSA) is 64.3 Å². The maximum atomic E-state index is 10.4. The SMILES string of the molecule is Cc1cc(C(C)NCCOCC(N)=O)c(C)s1. The molecule has 1 heterocycles. The summed E-state index contributed by atoms with van der Waals surface area (Å²) in [5.41, 5.74) is 6.30. The zero-order valence-corrected chi connectivity index (χ0v) is 11.4. The summed E-state index contributed by atoms with van der Waals surface area (Å²) in [6, 6.07) is 2.51. The van der Waals surface area contributed by atoms with Gasteiger partial charge >= 0.3 is 0 Å². The van der Waals surface area contributed by atoms with Gasteiger partial charge < -0.3 is 15.8 Å². The Morgan fingerprint density at radius 3 is 2.82 bits per heavy atom. The van der Waals surface area contributed by atoms with E-state index in [0.717, 1.165) is 0 Å². The summed E-state index contributed by atoms with van der Waals surface area (Å²) in [7, 11) is 0. The first-order chi connectivity index (χ1) is 8.00. The Hall–Kier alpha value is -0.910. The first-order valence-corrected chi connectivity index (χ1v) is 6.48. The van der Waals surface area contributed by atoms with Gasteiger partial charge in [0.1, 0.15) is 6.61 Å². The van der Waals surface area contributed by atoms with Gasteiger partial charge in [0, 0.05) is 22.3 Å². The van der Waals surface area contributed by atoms with Gasteiger partial charge in [-0.1, -0.05) is 0 Å². The quantitative estimate of drug-likeness (QED) is 0.727. The molecule has 17 heavy (non-hydrogen) atoms. The number of primary amides is 1. The maximum absolute atomic E-state index is 10.4. The van der Waals surface area contributed by atoms with Crippen molar-refractivity contribution in [1.82, 2.24) is 5.32 Å². The summed E-state index contributed by atoms with van der Waals surface area (Å²) >= 11 is 1.81. The summed E-state index contributed by atoms with van der Waals surface area (Å²) in [5.74, 6) is -0.428. The normalized spacial score (nSPS) is 12.6. The third-order valence-corrected chi connectivity index (χ3v) is 3.47. The molecular weight excluding hydrogens is 236 g/mol. The van der Waals surface area contributed by atoms with Gasteiger partial charge in [-0.15, -0.1) is 11.3 Å². The Morgan fingerprint density at radius 2 is 2.29 bits per heavy atom. The van der Waals surface area contributed by atoms with Crippen molar-refractivity contribution in [2.45, 2.75) is 26.8 Å². The highest BCUT2D eigenvalue weighted by molar-refractivity contribution is 7.12. The molecule has 1 atom stereocenters. The second-order valence-electron chi connectivity index (χ2n) is 4.06. The van der Waals surface area contributed by atoms with E-state index in [-0.39, 0.29) is 6.61 Å². The molecule has 1 rings (SSSR count). The lowest BCUT2D eigenvalue weighted by molar-refractivity contribution is -0.122. The van der Waals surface area contributed by atoms with Crippen LogP contribution in [0, 0.1) is 13.8 Å². The summed E-state index contributed by atoms with van der Waals surface area (Å²) in [4.78, 5) is 13.1. The molecule has 0 radical (unpaired) electrons. The molecule has 0 aliphatic carbocycles. The van der Waals surface area contributed by atoms with Crippen molar-refractivity contribution in [2.24, 2.45) is 5.73 Å². The van der Waals surface area contributed by atoms with Crippen LogP contribution >= 0.6 is 11.3 Å². The Labute approximate surface area is 106 Å². The molecule has 96 valence electrons. The van der Waals surface area contributed by atoms with Crippen LogP contribution in [0.4, 0.5) is 0 Å². The van der Waals surface area contributed by atoms with E-state index in [0.29, 0.717) is 19.2 Å². The lowest BCUT2D eigenvalue weighted by atomic mass is 10.1. The van der Waals surface area contributed by atoms with Crippen LogP contribution in [-0.4, -0.2) is 25.7 Å². The largest absolute Gasteiger partial charge is 0.370 e. The van der Waals surface area contributed by atoms with Crippen molar-refractivity contribution in [3.8, 4) is 0 Å². The molecule has 0 fully saturated rings. The van der Waals surface area contributed by atoms with Gasteiger partial charge in [0.15, 0.2) is 0 Å². The molecule has 0 aromatic carbocycles. The van der Waals surface area contributed by atoms with E-state index in [1.165, 1.54) is 15.3 Å². The van der Waals surface area contributed by atoms with Crippen molar-refractivity contribution in [3.05, 3.63) is 21.4 Å². The smallest absolute Gasteiger partial charge is 0.243 e. The molecule has 1 aromatic heterocycles. The van der Waals surface area contributed by atoms with Gasteiger partial charge in [0.2, 0.25) is 5.91 Å². The van der Waals surface area contributed by atoms with E-state index in [9.17, 15) is 4.79 Å². The molecule has 3 N–H and O–H groups in total. The maximum Gasteiger partial charge on any atom is 0.243 e. The second kappa shape index (κ2) is 6.74. The predicted octanol–water partition coefficient (Wildman–Crippen LogP) is 1.52. The Morgan fingerprint density at radius 1 is 1.59 bits per heavy atom. The van der Waals surface area contributed by atoms with Crippen LogP contribution in [0.1, 0.15) is 28.3 Å². The van der Waals surface area contributed by atoms with Gasteiger partial charge in [-0.05, 0) is 32.4 Å². The molecule has 0 saturated heterocycles. The lowest BCUT2D eigenvalue weighted by Gasteiger charge is -2.13. The van der Waals surface area contributed by atoms with E-state index in [1.807, 2.05) is 11.3 Å². The standard InChI is InChI=1S/C12H20N2O2S/c1-8-6-11(10(3)17-8)9(2)14-4-5-16-7-12(13)15/h6,9,14H,4-5,7H2,1-3H3,(H2,13,15). The van der Waals surface area contributed by atoms with E-state index in [1.54, 1.807) is 0 Å². The number of hydrogen-bond donors (Lipinski definition) is 2. The van der Waals surface area contributed by atoms with Gasteiger partial charge in [0.25, 0.3) is 0 Å². The number of carbonyl (C=O) groups is 1.